The normalized spacial score (nSPS) is 19.2. The maximum Gasteiger partial charge on any atom is 0.264 e. The van der Waals surface area contributed by atoms with E-state index in [1.165, 1.54) is 0 Å². The van der Waals surface area contributed by atoms with Gasteiger partial charge in [-0.15, -0.1) is 0 Å². The summed E-state index contributed by atoms with van der Waals surface area (Å²) in [5.74, 6) is 1.46. The average molecular weight is 403 g/mol. The van der Waals surface area contributed by atoms with Gasteiger partial charge in [0.05, 0.1) is 0 Å². The third kappa shape index (κ3) is 5.03. The molecule has 3 rings (SSSR count). The number of rotatable bonds is 12. The minimum absolute atomic E-state index is 0.150. The molecule has 0 saturated carbocycles. The average Bonchev–Trinajstić information content (AvgIpc) is 3.31. The van der Waals surface area contributed by atoms with Gasteiger partial charge in [0.15, 0.2) is 11.5 Å². The summed E-state index contributed by atoms with van der Waals surface area (Å²) in [6.07, 6.45) is 7.56. The summed E-state index contributed by atoms with van der Waals surface area (Å²) in [4.78, 5) is 26.8. The summed E-state index contributed by atoms with van der Waals surface area (Å²) in [7, 11) is 0. The van der Waals surface area contributed by atoms with Crippen LogP contribution in [0.1, 0.15) is 65.2 Å². The van der Waals surface area contributed by atoms with E-state index < -0.39 is 6.10 Å². The number of ether oxygens (including phenoxy) is 2. The minimum Gasteiger partial charge on any atom is -0.485 e. The zero-order valence-corrected chi connectivity index (χ0v) is 17.7. The van der Waals surface area contributed by atoms with Crippen molar-refractivity contribution in [2.75, 3.05) is 19.7 Å². The van der Waals surface area contributed by atoms with Gasteiger partial charge in [0.1, 0.15) is 12.1 Å². The van der Waals surface area contributed by atoms with Crippen LogP contribution in [-0.4, -0.2) is 48.1 Å². The van der Waals surface area contributed by atoms with Crippen LogP contribution in [0, 0.1) is 0 Å². The maximum atomic E-state index is 12.5. The van der Waals surface area contributed by atoms with E-state index in [-0.39, 0.29) is 18.1 Å². The molecule has 0 aliphatic carbocycles. The molecule has 0 bridgehead atoms. The molecular formula is C23H34N2O4. The van der Waals surface area contributed by atoms with Gasteiger partial charge in [0.2, 0.25) is 12.0 Å². The van der Waals surface area contributed by atoms with Gasteiger partial charge in [0, 0.05) is 13.1 Å². The van der Waals surface area contributed by atoms with Gasteiger partial charge in [-0.3, -0.25) is 9.59 Å². The van der Waals surface area contributed by atoms with Crippen LogP contribution in [0.2, 0.25) is 0 Å². The van der Waals surface area contributed by atoms with Crippen LogP contribution in [-0.2, 0) is 9.59 Å². The van der Waals surface area contributed by atoms with Crippen LogP contribution in [0.25, 0.3) is 0 Å². The summed E-state index contributed by atoms with van der Waals surface area (Å²) >= 11 is 0. The fourth-order valence-electron chi connectivity index (χ4n) is 4.08. The highest BCUT2D eigenvalue weighted by atomic mass is 16.6. The van der Waals surface area contributed by atoms with Gasteiger partial charge in [-0.1, -0.05) is 51.7 Å². The standard InChI is InChI=1S/C23H34N2O4/c1-3-5-13-23(14-6-4-2)22(27)25(23)16-10-9-15-24-21(26)20-17-28-18-11-7-8-12-19(18)29-20/h7-8,11-12,20H,3-6,9-10,13-17H2,1-2H3,(H,24,26). The molecular weight excluding hydrogens is 368 g/mol. The third-order valence-corrected chi connectivity index (χ3v) is 5.91. The van der Waals surface area contributed by atoms with Crippen molar-refractivity contribution in [3.8, 4) is 11.5 Å². The summed E-state index contributed by atoms with van der Waals surface area (Å²) in [6, 6.07) is 7.37. The number of nitrogens with zero attached hydrogens (tertiary/aromatic N) is 1. The second-order valence-electron chi connectivity index (χ2n) is 8.06. The van der Waals surface area contributed by atoms with E-state index in [9.17, 15) is 9.59 Å². The number of amides is 2. The number of hydrogen-bond acceptors (Lipinski definition) is 4. The molecule has 2 aliphatic rings. The predicted octanol–water partition coefficient (Wildman–Crippen LogP) is 3.68. The first-order chi connectivity index (χ1) is 14.1. The Balaban J connectivity index is 1.35. The summed E-state index contributed by atoms with van der Waals surface area (Å²) in [5.41, 5.74) is -0.185. The lowest BCUT2D eigenvalue weighted by atomic mass is 9.95. The Kier molecular flexibility index (Phi) is 7.40. The molecule has 2 aliphatic heterocycles. The number of unbranched alkanes of at least 4 members (excludes halogenated alkanes) is 3. The monoisotopic (exact) mass is 402 g/mol. The highest BCUT2D eigenvalue weighted by Crippen LogP contribution is 2.43. The number of nitrogens with one attached hydrogen (secondary N) is 1. The van der Waals surface area contributed by atoms with E-state index in [0.717, 1.165) is 57.9 Å². The van der Waals surface area contributed by atoms with Crippen molar-refractivity contribution in [2.45, 2.75) is 76.9 Å². The summed E-state index contributed by atoms with van der Waals surface area (Å²) in [6.45, 7) is 5.94. The van der Waals surface area contributed by atoms with Gasteiger partial charge in [-0.05, 0) is 37.8 Å². The van der Waals surface area contributed by atoms with Crippen LogP contribution in [0.5, 0.6) is 11.5 Å². The van der Waals surface area contributed by atoms with Crippen molar-refractivity contribution in [3.63, 3.8) is 0 Å². The van der Waals surface area contributed by atoms with Gasteiger partial charge < -0.3 is 19.7 Å². The molecule has 6 heteroatoms. The molecule has 1 N–H and O–H groups in total. The van der Waals surface area contributed by atoms with E-state index in [4.69, 9.17) is 9.47 Å². The highest BCUT2D eigenvalue weighted by Gasteiger charge is 2.60. The Morgan fingerprint density at radius 1 is 1.10 bits per heavy atom. The molecule has 1 atom stereocenters. The van der Waals surface area contributed by atoms with E-state index in [0.29, 0.717) is 24.0 Å². The number of benzene rings is 1. The lowest BCUT2D eigenvalue weighted by Crippen LogP contribution is -2.44. The van der Waals surface area contributed by atoms with Gasteiger partial charge in [-0.2, -0.15) is 0 Å². The zero-order chi connectivity index (χ0) is 20.7. The second-order valence-corrected chi connectivity index (χ2v) is 8.06. The molecule has 0 radical (unpaired) electrons. The Labute approximate surface area is 173 Å². The van der Waals surface area contributed by atoms with Crippen molar-refractivity contribution >= 4 is 11.8 Å². The fourth-order valence-corrected chi connectivity index (χ4v) is 4.08. The molecule has 0 spiro atoms. The van der Waals surface area contributed by atoms with Gasteiger partial charge >= 0.3 is 0 Å². The van der Waals surface area contributed by atoms with E-state index >= 15 is 0 Å². The lowest BCUT2D eigenvalue weighted by molar-refractivity contribution is -0.130. The Bertz CT molecular complexity index is 698. The van der Waals surface area contributed by atoms with E-state index in [1.54, 1.807) is 6.07 Å². The van der Waals surface area contributed by atoms with Crippen molar-refractivity contribution in [2.24, 2.45) is 0 Å². The Morgan fingerprint density at radius 3 is 2.48 bits per heavy atom. The maximum absolute atomic E-state index is 12.5. The molecule has 1 fully saturated rings. The topological polar surface area (TPSA) is 67.6 Å². The Morgan fingerprint density at radius 2 is 1.79 bits per heavy atom. The molecule has 160 valence electrons. The van der Waals surface area contributed by atoms with Gasteiger partial charge in [-0.25, -0.2) is 0 Å². The predicted molar refractivity (Wildman–Crippen MR) is 112 cm³/mol. The first-order valence-corrected chi connectivity index (χ1v) is 11.1. The summed E-state index contributed by atoms with van der Waals surface area (Å²) < 4.78 is 11.3. The van der Waals surface area contributed by atoms with Crippen molar-refractivity contribution in [1.82, 2.24) is 10.2 Å². The highest BCUT2D eigenvalue weighted by molar-refractivity contribution is 6.02. The smallest absolute Gasteiger partial charge is 0.264 e. The van der Waals surface area contributed by atoms with Crippen LogP contribution >= 0.6 is 0 Å². The van der Waals surface area contributed by atoms with Gasteiger partial charge in [0.25, 0.3) is 5.91 Å². The lowest BCUT2D eigenvalue weighted by Gasteiger charge is -2.25. The number of carbonyl (C=O) groups excluding carboxylic acids is 2. The quantitative estimate of drug-likeness (QED) is 0.428. The summed E-state index contributed by atoms with van der Waals surface area (Å²) in [5, 5.41) is 2.93. The molecule has 1 aromatic carbocycles. The largest absolute Gasteiger partial charge is 0.485 e. The molecule has 1 unspecified atom stereocenters. The van der Waals surface area contributed by atoms with Crippen LogP contribution in [0.3, 0.4) is 0 Å². The van der Waals surface area contributed by atoms with Crippen LogP contribution in [0.4, 0.5) is 0 Å². The number of fused-ring (bicyclic) bond motifs is 1. The van der Waals surface area contributed by atoms with Crippen LogP contribution < -0.4 is 14.8 Å². The second kappa shape index (κ2) is 9.99. The van der Waals surface area contributed by atoms with E-state index in [2.05, 4.69) is 24.1 Å². The first kappa shape index (κ1) is 21.5. The van der Waals surface area contributed by atoms with Crippen LogP contribution in [0.15, 0.2) is 24.3 Å². The third-order valence-electron chi connectivity index (χ3n) is 5.91. The molecule has 1 aromatic rings. The number of hydrogen-bond donors (Lipinski definition) is 1. The van der Waals surface area contributed by atoms with E-state index in [1.807, 2.05) is 18.2 Å². The Hall–Kier alpha value is -2.24. The zero-order valence-electron chi connectivity index (χ0n) is 17.7. The van der Waals surface area contributed by atoms with Crippen molar-refractivity contribution in [3.05, 3.63) is 24.3 Å². The number of carbonyl (C=O) groups is 2. The first-order valence-electron chi connectivity index (χ1n) is 11.1. The van der Waals surface area contributed by atoms with Crippen molar-refractivity contribution in [1.29, 1.82) is 0 Å². The fraction of sp³-hybridized carbons (Fsp3) is 0.652. The van der Waals surface area contributed by atoms with Crippen molar-refractivity contribution < 1.29 is 19.1 Å². The molecule has 29 heavy (non-hydrogen) atoms. The molecule has 6 nitrogen and oxygen atoms in total. The molecule has 1 saturated heterocycles. The molecule has 0 aromatic heterocycles. The minimum atomic E-state index is -0.616. The molecule has 2 heterocycles. The molecule has 2 amide bonds. The number of para-hydroxylation sites is 2. The SMILES string of the molecule is CCCCC1(CCCC)C(=O)N1CCCCNC(=O)C1COc2ccccc2O1.